The highest BCUT2D eigenvalue weighted by atomic mass is 16.3. The minimum atomic E-state index is 0.0761. The molecule has 1 nitrogen and oxygen atoms in total. The number of hydrogen-bond acceptors (Lipinski definition) is 1. The highest BCUT2D eigenvalue weighted by Gasteiger charge is 2.20. The molecule has 0 aliphatic carbocycles. The lowest BCUT2D eigenvalue weighted by Gasteiger charge is -2.21. The summed E-state index contributed by atoms with van der Waals surface area (Å²) in [5, 5.41) is 2.39. The van der Waals surface area contributed by atoms with Crippen molar-refractivity contribution in [2.45, 2.75) is 52.4 Å². The molecule has 138 valence electrons. The Morgan fingerprint density at radius 2 is 1.26 bits per heavy atom. The predicted molar refractivity (Wildman–Crippen MR) is 117 cm³/mol. The molecule has 0 saturated heterocycles. The summed E-state index contributed by atoms with van der Waals surface area (Å²) in [4.78, 5) is 0. The van der Waals surface area contributed by atoms with Crippen LogP contribution in [0.25, 0.3) is 33.1 Å². The zero-order chi connectivity index (χ0) is 19.4. The van der Waals surface area contributed by atoms with Crippen LogP contribution in [0.5, 0.6) is 0 Å². The molecular formula is C26H28O. The topological polar surface area (TPSA) is 13.1 Å². The van der Waals surface area contributed by atoms with Crippen LogP contribution < -0.4 is 0 Å². The lowest BCUT2D eigenvalue weighted by molar-refractivity contribution is 0.590. The summed E-state index contributed by atoms with van der Waals surface area (Å²) in [5.41, 5.74) is 7.22. The van der Waals surface area contributed by atoms with Crippen molar-refractivity contribution in [2.75, 3.05) is 0 Å². The molecule has 0 fully saturated rings. The van der Waals surface area contributed by atoms with E-state index in [1.807, 2.05) is 6.07 Å². The van der Waals surface area contributed by atoms with Crippen LogP contribution in [0, 0.1) is 0 Å². The van der Waals surface area contributed by atoms with E-state index in [1.54, 1.807) is 0 Å². The fraction of sp³-hybridized carbons (Fsp3) is 0.308. The summed E-state index contributed by atoms with van der Waals surface area (Å²) in [5.74, 6) is 0. The van der Waals surface area contributed by atoms with E-state index in [1.165, 1.54) is 33.0 Å². The van der Waals surface area contributed by atoms with E-state index in [4.69, 9.17) is 4.42 Å². The molecule has 0 radical (unpaired) electrons. The number of furan rings is 1. The summed E-state index contributed by atoms with van der Waals surface area (Å²) in [6.45, 7) is 13.5. The third kappa shape index (κ3) is 3.16. The monoisotopic (exact) mass is 356 g/mol. The lowest BCUT2D eigenvalue weighted by atomic mass is 9.83. The van der Waals surface area contributed by atoms with Crippen molar-refractivity contribution in [1.29, 1.82) is 0 Å². The fourth-order valence-corrected chi connectivity index (χ4v) is 3.62. The number of para-hydroxylation sites is 1. The maximum absolute atomic E-state index is 6.30. The molecule has 1 heterocycles. The molecule has 27 heavy (non-hydrogen) atoms. The number of benzene rings is 3. The van der Waals surface area contributed by atoms with Crippen molar-refractivity contribution in [3.8, 4) is 11.1 Å². The van der Waals surface area contributed by atoms with Gasteiger partial charge in [0.05, 0.1) is 0 Å². The second-order valence-electron chi connectivity index (χ2n) is 9.58. The molecule has 0 atom stereocenters. The first-order valence-corrected chi connectivity index (χ1v) is 9.71. The summed E-state index contributed by atoms with van der Waals surface area (Å²) < 4.78 is 6.30. The summed E-state index contributed by atoms with van der Waals surface area (Å²) in [7, 11) is 0. The van der Waals surface area contributed by atoms with E-state index < -0.39 is 0 Å². The zero-order valence-corrected chi connectivity index (χ0v) is 17.2. The molecule has 1 heteroatoms. The minimum absolute atomic E-state index is 0.0761. The Labute approximate surface area is 162 Å². The molecule has 1 aromatic heterocycles. The standard InChI is InChI=1S/C26H28O/c1-25(2,3)18-13-11-17(12-14-18)21-15-19(26(4,5)6)16-22-20-9-7-8-10-23(20)27-24(21)22/h7-16H,1-6H3. The Balaban J connectivity index is 2.01. The van der Waals surface area contributed by atoms with Crippen LogP contribution in [-0.4, -0.2) is 0 Å². The smallest absolute Gasteiger partial charge is 0.143 e. The van der Waals surface area contributed by atoms with Crippen molar-refractivity contribution in [3.05, 3.63) is 71.8 Å². The largest absolute Gasteiger partial charge is 0.455 e. The number of fused-ring (bicyclic) bond motifs is 3. The summed E-state index contributed by atoms with van der Waals surface area (Å²) in [6, 6.07) is 21.9. The SMILES string of the molecule is CC(C)(C)c1ccc(-c2cc(C(C)(C)C)cc3c2oc2ccccc23)cc1. The molecule has 4 rings (SSSR count). The van der Waals surface area contributed by atoms with Gasteiger partial charge in [0.1, 0.15) is 11.2 Å². The van der Waals surface area contributed by atoms with Gasteiger partial charge in [-0.2, -0.15) is 0 Å². The van der Waals surface area contributed by atoms with Crippen LogP contribution in [0.2, 0.25) is 0 Å². The van der Waals surface area contributed by atoms with Crippen LogP contribution in [0.3, 0.4) is 0 Å². The van der Waals surface area contributed by atoms with E-state index in [9.17, 15) is 0 Å². The average molecular weight is 357 g/mol. The first-order chi connectivity index (χ1) is 12.6. The Morgan fingerprint density at radius 1 is 0.630 bits per heavy atom. The molecule has 0 aliphatic heterocycles. The fourth-order valence-electron chi connectivity index (χ4n) is 3.62. The third-order valence-corrected chi connectivity index (χ3v) is 5.41. The average Bonchev–Trinajstić information content (AvgIpc) is 2.98. The van der Waals surface area contributed by atoms with Crippen LogP contribution in [0.1, 0.15) is 52.7 Å². The van der Waals surface area contributed by atoms with E-state index in [2.05, 4.69) is 96.1 Å². The van der Waals surface area contributed by atoms with Gasteiger partial charge in [-0.25, -0.2) is 0 Å². The molecule has 0 saturated carbocycles. The Morgan fingerprint density at radius 3 is 1.89 bits per heavy atom. The van der Waals surface area contributed by atoms with Gasteiger partial charge in [0.2, 0.25) is 0 Å². The van der Waals surface area contributed by atoms with Crippen molar-refractivity contribution in [1.82, 2.24) is 0 Å². The lowest BCUT2D eigenvalue weighted by Crippen LogP contribution is -2.11. The van der Waals surface area contributed by atoms with Crippen LogP contribution in [-0.2, 0) is 10.8 Å². The molecule has 0 bridgehead atoms. The number of rotatable bonds is 1. The minimum Gasteiger partial charge on any atom is -0.455 e. The summed E-state index contributed by atoms with van der Waals surface area (Å²) in [6.07, 6.45) is 0. The molecular weight excluding hydrogens is 328 g/mol. The molecule has 3 aromatic carbocycles. The normalized spacial score (nSPS) is 12.8. The van der Waals surface area contributed by atoms with Gasteiger partial charge in [-0.3, -0.25) is 0 Å². The molecule has 0 aliphatic rings. The molecule has 0 amide bonds. The van der Waals surface area contributed by atoms with E-state index in [-0.39, 0.29) is 10.8 Å². The van der Waals surface area contributed by atoms with Gasteiger partial charge < -0.3 is 4.42 Å². The van der Waals surface area contributed by atoms with Gasteiger partial charge in [-0.1, -0.05) is 84.0 Å². The molecule has 0 N–H and O–H groups in total. The van der Waals surface area contributed by atoms with E-state index in [0.717, 1.165) is 11.2 Å². The van der Waals surface area contributed by atoms with E-state index in [0.29, 0.717) is 0 Å². The molecule has 4 aromatic rings. The summed E-state index contributed by atoms with van der Waals surface area (Å²) >= 11 is 0. The Kier molecular flexibility index (Phi) is 3.96. The first-order valence-electron chi connectivity index (χ1n) is 9.71. The van der Waals surface area contributed by atoms with Crippen LogP contribution in [0.4, 0.5) is 0 Å². The van der Waals surface area contributed by atoms with Gasteiger partial charge in [0.25, 0.3) is 0 Å². The second kappa shape index (κ2) is 5.99. The Hall–Kier alpha value is -2.54. The highest BCUT2D eigenvalue weighted by Crippen LogP contribution is 2.40. The Bertz CT molecular complexity index is 1110. The zero-order valence-electron chi connectivity index (χ0n) is 17.2. The third-order valence-electron chi connectivity index (χ3n) is 5.41. The highest BCUT2D eigenvalue weighted by molar-refractivity contribution is 6.10. The van der Waals surface area contributed by atoms with Gasteiger partial charge in [0.15, 0.2) is 0 Å². The predicted octanol–water partition coefficient (Wildman–Crippen LogP) is 7.85. The van der Waals surface area contributed by atoms with Crippen molar-refractivity contribution >= 4 is 21.9 Å². The van der Waals surface area contributed by atoms with Crippen molar-refractivity contribution < 1.29 is 4.42 Å². The number of hydrogen-bond donors (Lipinski definition) is 0. The molecule has 0 spiro atoms. The quantitative estimate of drug-likeness (QED) is 0.338. The first kappa shape index (κ1) is 17.9. The van der Waals surface area contributed by atoms with Gasteiger partial charge >= 0.3 is 0 Å². The van der Waals surface area contributed by atoms with Crippen molar-refractivity contribution in [2.24, 2.45) is 0 Å². The van der Waals surface area contributed by atoms with Crippen LogP contribution in [0.15, 0.2) is 65.1 Å². The van der Waals surface area contributed by atoms with Gasteiger partial charge in [0, 0.05) is 16.3 Å². The van der Waals surface area contributed by atoms with Crippen LogP contribution >= 0.6 is 0 Å². The molecule has 0 unspecified atom stereocenters. The van der Waals surface area contributed by atoms with E-state index >= 15 is 0 Å². The van der Waals surface area contributed by atoms with Crippen molar-refractivity contribution in [3.63, 3.8) is 0 Å². The van der Waals surface area contributed by atoms with Gasteiger partial charge in [-0.15, -0.1) is 0 Å². The second-order valence-corrected chi connectivity index (χ2v) is 9.58. The maximum Gasteiger partial charge on any atom is 0.143 e. The maximum atomic E-state index is 6.30. The van der Waals surface area contributed by atoms with Gasteiger partial charge in [-0.05, 0) is 45.7 Å².